The summed E-state index contributed by atoms with van der Waals surface area (Å²) in [5.74, 6) is -3.09. The standard InChI is InChI=1S/C13H10F2N2O2/c1-8-4-17(7-16-8)10-3-2-9(5-18)11-12(10)19-6-13(11,14)15/h2-5,7H,6H2,1H3. The summed E-state index contributed by atoms with van der Waals surface area (Å²) < 4.78 is 34.2. The van der Waals surface area contributed by atoms with Gasteiger partial charge < -0.3 is 9.30 Å². The van der Waals surface area contributed by atoms with Gasteiger partial charge in [0.15, 0.2) is 18.6 Å². The van der Waals surface area contributed by atoms with Crippen LogP contribution in [0, 0.1) is 6.92 Å². The Kier molecular flexibility index (Phi) is 2.41. The second-order valence-electron chi connectivity index (χ2n) is 4.41. The van der Waals surface area contributed by atoms with E-state index >= 15 is 0 Å². The molecule has 2 heterocycles. The first-order chi connectivity index (χ1) is 9.03. The van der Waals surface area contributed by atoms with E-state index in [1.165, 1.54) is 12.4 Å². The lowest BCUT2D eigenvalue weighted by atomic mass is 10.0. The maximum Gasteiger partial charge on any atom is 0.310 e. The number of aldehydes is 1. The molecule has 0 fully saturated rings. The fourth-order valence-corrected chi connectivity index (χ4v) is 2.20. The molecular formula is C13H10F2N2O2. The summed E-state index contributed by atoms with van der Waals surface area (Å²) in [5.41, 5.74) is 0.834. The number of imidazole rings is 1. The molecule has 6 heteroatoms. The van der Waals surface area contributed by atoms with E-state index in [4.69, 9.17) is 4.74 Å². The number of halogens is 2. The number of benzene rings is 1. The summed E-state index contributed by atoms with van der Waals surface area (Å²) in [4.78, 5) is 14.9. The van der Waals surface area contributed by atoms with Crippen LogP contribution in [0.3, 0.4) is 0 Å². The molecule has 3 rings (SSSR count). The Balaban J connectivity index is 2.25. The number of fused-ring (bicyclic) bond motifs is 1. The van der Waals surface area contributed by atoms with Gasteiger partial charge in [-0.2, -0.15) is 8.78 Å². The monoisotopic (exact) mass is 264 g/mol. The molecule has 0 bridgehead atoms. The molecule has 0 saturated heterocycles. The molecular weight excluding hydrogens is 254 g/mol. The summed E-state index contributed by atoms with van der Waals surface area (Å²) in [5, 5.41) is 0. The topological polar surface area (TPSA) is 44.1 Å². The number of alkyl halides is 2. The quantitative estimate of drug-likeness (QED) is 0.783. The van der Waals surface area contributed by atoms with Crippen LogP contribution in [0.25, 0.3) is 5.69 Å². The highest BCUT2D eigenvalue weighted by molar-refractivity contribution is 5.81. The molecule has 1 aromatic heterocycles. The summed E-state index contributed by atoms with van der Waals surface area (Å²) in [7, 11) is 0. The number of hydrogen-bond acceptors (Lipinski definition) is 3. The van der Waals surface area contributed by atoms with Crippen LogP contribution in [0.2, 0.25) is 0 Å². The van der Waals surface area contributed by atoms with Crippen molar-refractivity contribution in [3.8, 4) is 11.4 Å². The van der Waals surface area contributed by atoms with Crippen LogP contribution in [-0.2, 0) is 5.92 Å². The molecule has 0 atom stereocenters. The Labute approximate surface area is 107 Å². The van der Waals surface area contributed by atoms with E-state index in [-0.39, 0.29) is 16.9 Å². The van der Waals surface area contributed by atoms with E-state index < -0.39 is 12.5 Å². The Hall–Kier alpha value is -2.24. The van der Waals surface area contributed by atoms with Crippen LogP contribution < -0.4 is 4.74 Å². The van der Waals surface area contributed by atoms with Crippen LogP contribution >= 0.6 is 0 Å². The second-order valence-corrected chi connectivity index (χ2v) is 4.41. The first-order valence-electron chi connectivity index (χ1n) is 5.67. The number of ether oxygens (including phenoxy) is 1. The fraction of sp³-hybridized carbons (Fsp3) is 0.231. The molecule has 19 heavy (non-hydrogen) atoms. The summed E-state index contributed by atoms with van der Waals surface area (Å²) >= 11 is 0. The summed E-state index contributed by atoms with van der Waals surface area (Å²) in [6.45, 7) is 1.06. The minimum absolute atomic E-state index is 0.0434. The van der Waals surface area contributed by atoms with Gasteiger partial charge in [-0.25, -0.2) is 4.98 Å². The van der Waals surface area contributed by atoms with Crippen molar-refractivity contribution >= 4 is 6.29 Å². The smallest absolute Gasteiger partial charge is 0.310 e. The van der Waals surface area contributed by atoms with Crippen molar-refractivity contribution in [2.24, 2.45) is 0 Å². The predicted octanol–water partition coefficient (Wildman–Crippen LogP) is 2.48. The van der Waals surface area contributed by atoms with E-state index in [1.54, 1.807) is 23.8 Å². The zero-order chi connectivity index (χ0) is 13.6. The third kappa shape index (κ3) is 1.71. The number of carbonyl (C=O) groups excluding carboxylic acids is 1. The van der Waals surface area contributed by atoms with Gasteiger partial charge in [-0.3, -0.25) is 4.79 Å². The number of aromatic nitrogens is 2. The van der Waals surface area contributed by atoms with E-state index in [9.17, 15) is 13.6 Å². The van der Waals surface area contributed by atoms with E-state index in [2.05, 4.69) is 4.98 Å². The number of nitrogens with zero attached hydrogens (tertiary/aromatic N) is 2. The Morgan fingerprint density at radius 1 is 1.47 bits per heavy atom. The van der Waals surface area contributed by atoms with E-state index in [0.29, 0.717) is 12.0 Å². The van der Waals surface area contributed by atoms with Crippen molar-refractivity contribution in [1.82, 2.24) is 9.55 Å². The average Bonchev–Trinajstić information content (AvgIpc) is 2.93. The molecule has 1 aliphatic heterocycles. The van der Waals surface area contributed by atoms with Crippen LogP contribution in [0.5, 0.6) is 5.75 Å². The van der Waals surface area contributed by atoms with Gasteiger partial charge in [-0.15, -0.1) is 0 Å². The second kappa shape index (κ2) is 3.88. The molecule has 0 aliphatic carbocycles. The van der Waals surface area contributed by atoms with Crippen molar-refractivity contribution in [2.75, 3.05) is 6.61 Å². The molecule has 2 aromatic rings. The van der Waals surface area contributed by atoms with Gasteiger partial charge in [0.2, 0.25) is 0 Å². The summed E-state index contributed by atoms with van der Waals surface area (Å²) in [6.07, 6.45) is 3.64. The third-order valence-corrected chi connectivity index (χ3v) is 3.05. The SMILES string of the molecule is Cc1cn(-c2ccc(C=O)c3c2OCC3(F)F)cn1. The summed E-state index contributed by atoms with van der Waals surface area (Å²) in [6, 6.07) is 2.95. The Morgan fingerprint density at radius 2 is 2.26 bits per heavy atom. The van der Waals surface area contributed by atoms with Gasteiger partial charge in [-0.05, 0) is 19.1 Å². The van der Waals surface area contributed by atoms with Gasteiger partial charge in [0.05, 0.1) is 23.3 Å². The number of carbonyl (C=O) groups is 1. The van der Waals surface area contributed by atoms with Crippen molar-refractivity contribution in [3.05, 3.63) is 41.5 Å². The number of hydrogen-bond donors (Lipinski definition) is 0. The average molecular weight is 264 g/mol. The van der Waals surface area contributed by atoms with Crippen molar-refractivity contribution in [1.29, 1.82) is 0 Å². The fourth-order valence-electron chi connectivity index (χ4n) is 2.20. The largest absolute Gasteiger partial charge is 0.484 e. The normalized spacial score (nSPS) is 15.9. The van der Waals surface area contributed by atoms with E-state index in [1.807, 2.05) is 0 Å². The zero-order valence-electron chi connectivity index (χ0n) is 10.1. The molecule has 1 aliphatic rings. The first-order valence-corrected chi connectivity index (χ1v) is 5.67. The maximum absolute atomic E-state index is 13.8. The molecule has 1 aromatic carbocycles. The van der Waals surface area contributed by atoms with Crippen molar-refractivity contribution < 1.29 is 18.3 Å². The highest BCUT2D eigenvalue weighted by Crippen LogP contribution is 2.46. The molecule has 0 spiro atoms. The lowest BCUT2D eigenvalue weighted by Crippen LogP contribution is -2.16. The first kappa shape index (κ1) is 11.8. The molecule has 0 unspecified atom stereocenters. The molecule has 0 radical (unpaired) electrons. The minimum atomic E-state index is -3.14. The lowest BCUT2D eigenvalue weighted by Gasteiger charge is -2.11. The Morgan fingerprint density at radius 3 is 2.89 bits per heavy atom. The molecule has 0 saturated carbocycles. The maximum atomic E-state index is 13.8. The lowest BCUT2D eigenvalue weighted by molar-refractivity contribution is -0.0217. The minimum Gasteiger partial charge on any atom is -0.484 e. The van der Waals surface area contributed by atoms with Gasteiger partial charge >= 0.3 is 5.92 Å². The van der Waals surface area contributed by atoms with Gasteiger partial charge in [-0.1, -0.05) is 0 Å². The van der Waals surface area contributed by atoms with Crippen LogP contribution in [0.1, 0.15) is 21.6 Å². The van der Waals surface area contributed by atoms with Crippen molar-refractivity contribution in [2.45, 2.75) is 12.8 Å². The highest BCUT2D eigenvalue weighted by atomic mass is 19.3. The molecule has 0 N–H and O–H groups in total. The number of rotatable bonds is 2. The van der Waals surface area contributed by atoms with Crippen LogP contribution in [0.4, 0.5) is 8.78 Å². The van der Waals surface area contributed by atoms with Gasteiger partial charge in [0.1, 0.15) is 0 Å². The number of aryl methyl sites for hydroxylation is 1. The molecule has 0 amide bonds. The van der Waals surface area contributed by atoms with E-state index in [0.717, 1.165) is 5.69 Å². The molecule has 98 valence electrons. The third-order valence-electron chi connectivity index (χ3n) is 3.05. The van der Waals surface area contributed by atoms with Crippen LogP contribution in [0.15, 0.2) is 24.7 Å². The van der Waals surface area contributed by atoms with Gasteiger partial charge in [0, 0.05) is 11.8 Å². The Bertz CT molecular complexity index is 665. The predicted molar refractivity (Wildman–Crippen MR) is 63.1 cm³/mol. The van der Waals surface area contributed by atoms with Gasteiger partial charge in [0.25, 0.3) is 0 Å². The highest BCUT2D eigenvalue weighted by Gasteiger charge is 2.45. The molecule has 4 nitrogen and oxygen atoms in total. The zero-order valence-corrected chi connectivity index (χ0v) is 10.1. The van der Waals surface area contributed by atoms with Crippen LogP contribution in [-0.4, -0.2) is 22.4 Å². The van der Waals surface area contributed by atoms with Crippen molar-refractivity contribution in [3.63, 3.8) is 0 Å².